The Labute approximate surface area is 176 Å². The van der Waals surface area contributed by atoms with Gasteiger partial charge in [-0.05, 0) is 54.8 Å². The van der Waals surface area contributed by atoms with E-state index in [-0.39, 0.29) is 16.9 Å². The summed E-state index contributed by atoms with van der Waals surface area (Å²) in [5, 5.41) is 6.06. The van der Waals surface area contributed by atoms with Gasteiger partial charge in [0, 0.05) is 6.08 Å². The fraction of sp³-hybridized carbons (Fsp3) is 0.0952. The van der Waals surface area contributed by atoms with Crippen LogP contribution in [0.2, 0.25) is 5.02 Å². The van der Waals surface area contributed by atoms with Crippen LogP contribution in [-0.2, 0) is 4.79 Å². The Balaban J connectivity index is 1.65. The number of carbonyl (C=O) groups excluding carboxylic acids is 2. The summed E-state index contributed by atoms with van der Waals surface area (Å²) in [5.74, 6) is -1.18. The second-order valence-electron chi connectivity index (χ2n) is 6.24. The van der Waals surface area contributed by atoms with Gasteiger partial charge in [-0.15, -0.1) is 0 Å². The normalized spacial score (nSPS) is 10.9. The molecule has 0 saturated carbocycles. The van der Waals surface area contributed by atoms with E-state index >= 15 is 0 Å². The number of nitrogens with zero attached hydrogens (tertiary/aromatic N) is 1. The van der Waals surface area contributed by atoms with Crippen molar-refractivity contribution in [2.24, 2.45) is 0 Å². The first kappa shape index (κ1) is 20.7. The molecular weight excluding hydrogens is 413 g/mol. The molecule has 0 saturated heterocycles. The Morgan fingerprint density at radius 3 is 2.69 bits per heavy atom. The number of aromatic nitrogens is 1. The van der Waals surface area contributed by atoms with E-state index in [1.165, 1.54) is 30.5 Å². The smallest absolute Gasteiger partial charge is 0.267 e. The Morgan fingerprint density at radius 2 is 1.93 bits per heavy atom. The van der Waals surface area contributed by atoms with E-state index in [1.54, 1.807) is 18.2 Å². The molecule has 8 heteroatoms. The molecular formula is C21H17ClFN3O2S. The lowest BCUT2D eigenvalue weighted by Crippen LogP contribution is -2.11. The zero-order valence-electron chi connectivity index (χ0n) is 15.6. The third-order valence-electron chi connectivity index (χ3n) is 4.08. The third-order valence-corrected chi connectivity index (χ3v) is 5.30. The molecule has 0 fully saturated rings. The summed E-state index contributed by atoms with van der Waals surface area (Å²) < 4.78 is 13.3. The summed E-state index contributed by atoms with van der Waals surface area (Å²) in [4.78, 5) is 28.9. The number of anilines is 2. The number of aryl methyl sites for hydroxylation is 2. The van der Waals surface area contributed by atoms with Gasteiger partial charge < -0.3 is 5.32 Å². The molecule has 0 aliphatic heterocycles. The number of hydrogen-bond donors (Lipinski definition) is 2. The monoisotopic (exact) mass is 429 g/mol. The lowest BCUT2D eigenvalue weighted by molar-refractivity contribution is -0.111. The van der Waals surface area contributed by atoms with E-state index in [4.69, 9.17) is 11.6 Å². The molecule has 1 aromatic heterocycles. The molecule has 0 unspecified atom stereocenters. The molecule has 0 bridgehead atoms. The molecule has 2 amide bonds. The van der Waals surface area contributed by atoms with Gasteiger partial charge in [-0.25, -0.2) is 9.37 Å². The minimum absolute atomic E-state index is 0.275. The van der Waals surface area contributed by atoms with E-state index in [0.717, 1.165) is 22.5 Å². The van der Waals surface area contributed by atoms with Gasteiger partial charge in [0.2, 0.25) is 5.91 Å². The highest BCUT2D eigenvalue weighted by molar-refractivity contribution is 7.17. The van der Waals surface area contributed by atoms with Crippen molar-refractivity contribution in [2.75, 3.05) is 10.6 Å². The number of thiazole rings is 1. The fourth-order valence-corrected chi connectivity index (χ4v) is 3.49. The van der Waals surface area contributed by atoms with Crippen molar-refractivity contribution in [2.45, 2.75) is 13.8 Å². The molecule has 0 radical (unpaired) electrons. The highest BCUT2D eigenvalue weighted by Gasteiger charge is 2.14. The molecule has 3 aromatic rings. The second-order valence-corrected chi connectivity index (χ2v) is 7.68. The molecule has 0 aliphatic rings. The first-order valence-corrected chi connectivity index (χ1v) is 9.80. The van der Waals surface area contributed by atoms with E-state index in [0.29, 0.717) is 21.2 Å². The van der Waals surface area contributed by atoms with Gasteiger partial charge in [0.1, 0.15) is 10.7 Å². The number of benzene rings is 2. The number of carbonyl (C=O) groups is 2. The molecule has 5 nitrogen and oxygen atoms in total. The Kier molecular flexibility index (Phi) is 6.41. The van der Waals surface area contributed by atoms with Crippen molar-refractivity contribution in [1.29, 1.82) is 0 Å². The van der Waals surface area contributed by atoms with Crippen LogP contribution in [0.1, 0.15) is 26.4 Å². The summed E-state index contributed by atoms with van der Waals surface area (Å²) >= 11 is 7.16. The van der Waals surface area contributed by atoms with Gasteiger partial charge in [-0.2, -0.15) is 0 Å². The zero-order valence-corrected chi connectivity index (χ0v) is 17.2. The summed E-state index contributed by atoms with van der Waals surface area (Å²) in [5.41, 5.74) is 2.82. The minimum Gasteiger partial charge on any atom is -0.320 e. The van der Waals surface area contributed by atoms with Crippen LogP contribution in [0.4, 0.5) is 15.2 Å². The molecule has 0 aliphatic carbocycles. The maximum atomic E-state index is 13.3. The standard InChI is InChI=1S/C21H17ClFN3O2S/c1-12-6-8-15(23)10-14(12)7-9-18(27)25-21-24-11-17(29-21)20(28)26-19-13(2)4-3-5-16(19)22/h3-11H,1-2H3,(H,26,28)(H,24,25,27)/b9-7+. The number of nitrogens with one attached hydrogen (secondary N) is 2. The SMILES string of the molecule is Cc1ccc(F)cc1/C=C/C(=O)Nc1ncc(C(=O)Nc2c(C)cccc2Cl)s1. The first-order chi connectivity index (χ1) is 13.8. The van der Waals surface area contributed by atoms with Gasteiger partial charge >= 0.3 is 0 Å². The van der Waals surface area contributed by atoms with Gasteiger partial charge in [0.05, 0.1) is 16.9 Å². The lowest BCUT2D eigenvalue weighted by Gasteiger charge is -2.08. The summed E-state index contributed by atoms with van der Waals surface area (Å²) in [6.07, 6.45) is 4.19. The van der Waals surface area contributed by atoms with Crippen LogP contribution < -0.4 is 10.6 Å². The Bertz CT molecular complexity index is 1090. The fourth-order valence-electron chi connectivity index (χ4n) is 2.51. The average Bonchev–Trinajstić information content (AvgIpc) is 3.14. The zero-order chi connectivity index (χ0) is 21.0. The van der Waals surface area contributed by atoms with Gasteiger partial charge in [-0.1, -0.05) is 41.1 Å². The number of halogens is 2. The predicted octanol–water partition coefficient (Wildman–Crippen LogP) is 5.46. The molecule has 148 valence electrons. The third kappa shape index (κ3) is 5.28. The topological polar surface area (TPSA) is 71.1 Å². The largest absolute Gasteiger partial charge is 0.320 e. The number of rotatable bonds is 5. The highest BCUT2D eigenvalue weighted by Crippen LogP contribution is 2.27. The van der Waals surface area contributed by atoms with Crippen LogP contribution in [0.5, 0.6) is 0 Å². The maximum Gasteiger partial charge on any atom is 0.267 e. The van der Waals surface area contributed by atoms with Crippen molar-refractivity contribution >= 4 is 51.6 Å². The Morgan fingerprint density at radius 1 is 1.14 bits per heavy atom. The van der Waals surface area contributed by atoms with E-state index in [9.17, 15) is 14.0 Å². The van der Waals surface area contributed by atoms with Crippen LogP contribution in [0.3, 0.4) is 0 Å². The van der Waals surface area contributed by atoms with Gasteiger partial charge in [0.15, 0.2) is 5.13 Å². The van der Waals surface area contributed by atoms with Crippen LogP contribution in [-0.4, -0.2) is 16.8 Å². The molecule has 29 heavy (non-hydrogen) atoms. The van der Waals surface area contributed by atoms with E-state index in [1.807, 2.05) is 19.9 Å². The van der Waals surface area contributed by atoms with Gasteiger partial charge in [-0.3, -0.25) is 14.9 Å². The van der Waals surface area contributed by atoms with Crippen molar-refractivity contribution < 1.29 is 14.0 Å². The number of hydrogen-bond acceptors (Lipinski definition) is 4. The van der Waals surface area contributed by atoms with E-state index in [2.05, 4.69) is 15.6 Å². The number of amides is 2. The summed E-state index contributed by atoms with van der Waals surface area (Å²) in [6.45, 7) is 3.66. The summed E-state index contributed by atoms with van der Waals surface area (Å²) in [7, 11) is 0. The van der Waals surface area contributed by atoms with Crippen molar-refractivity contribution in [3.05, 3.63) is 81.1 Å². The Hall–Kier alpha value is -3.03. The predicted molar refractivity (Wildman–Crippen MR) is 115 cm³/mol. The lowest BCUT2D eigenvalue weighted by atomic mass is 10.1. The van der Waals surface area contributed by atoms with Crippen LogP contribution in [0.15, 0.2) is 48.7 Å². The molecule has 1 heterocycles. The molecule has 3 rings (SSSR count). The van der Waals surface area contributed by atoms with Crippen molar-refractivity contribution in [1.82, 2.24) is 4.98 Å². The molecule has 2 aromatic carbocycles. The average molecular weight is 430 g/mol. The van der Waals surface area contributed by atoms with Gasteiger partial charge in [0.25, 0.3) is 5.91 Å². The first-order valence-electron chi connectivity index (χ1n) is 8.61. The van der Waals surface area contributed by atoms with Crippen LogP contribution in [0.25, 0.3) is 6.08 Å². The van der Waals surface area contributed by atoms with Crippen molar-refractivity contribution in [3.63, 3.8) is 0 Å². The minimum atomic E-state index is -0.433. The second kappa shape index (κ2) is 8.98. The van der Waals surface area contributed by atoms with E-state index < -0.39 is 5.91 Å². The summed E-state index contributed by atoms with van der Waals surface area (Å²) in [6, 6.07) is 9.67. The molecule has 2 N–H and O–H groups in total. The highest BCUT2D eigenvalue weighted by atomic mass is 35.5. The van der Waals surface area contributed by atoms with Crippen molar-refractivity contribution in [3.8, 4) is 0 Å². The quantitative estimate of drug-likeness (QED) is 0.529. The maximum absolute atomic E-state index is 13.3. The van der Waals surface area contributed by atoms with Crippen LogP contribution >= 0.6 is 22.9 Å². The molecule has 0 spiro atoms. The molecule has 0 atom stereocenters. The number of para-hydroxylation sites is 1. The van der Waals surface area contributed by atoms with Crippen LogP contribution in [0, 0.1) is 19.7 Å².